The van der Waals surface area contributed by atoms with Gasteiger partial charge in [0.05, 0.1) is 20.3 Å². The van der Waals surface area contributed by atoms with Crippen LogP contribution in [0.1, 0.15) is 25.5 Å². The highest BCUT2D eigenvalue weighted by atomic mass is 16.5. The molecule has 1 aromatic carbocycles. The number of hydrogen-bond acceptors (Lipinski definition) is 3. The van der Waals surface area contributed by atoms with Crippen molar-refractivity contribution in [2.45, 2.75) is 19.9 Å². The number of terminal acetylenes is 1. The van der Waals surface area contributed by atoms with E-state index in [-0.39, 0.29) is 6.04 Å². The lowest BCUT2D eigenvalue weighted by Crippen LogP contribution is -2.27. The van der Waals surface area contributed by atoms with Gasteiger partial charge in [0.25, 0.3) is 0 Å². The Kier molecular flexibility index (Phi) is 5.54. The number of methoxy groups -OCH3 is 2. The highest BCUT2D eigenvalue weighted by Gasteiger charge is 2.17. The molecule has 0 aliphatic carbocycles. The van der Waals surface area contributed by atoms with Crippen LogP contribution in [0.15, 0.2) is 18.2 Å². The first-order chi connectivity index (χ1) is 8.69. The van der Waals surface area contributed by atoms with Crippen molar-refractivity contribution in [2.75, 3.05) is 27.3 Å². The van der Waals surface area contributed by atoms with Crippen molar-refractivity contribution in [1.29, 1.82) is 0 Å². The first-order valence-corrected chi connectivity index (χ1v) is 6.13. The Morgan fingerprint density at radius 2 is 1.61 bits per heavy atom. The Labute approximate surface area is 110 Å². The number of ether oxygens (including phenoxy) is 2. The molecule has 1 unspecified atom stereocenters. The van der Waals surface area contributed by atoms with E-state index < -0.39 is 0 Å². The fraction of sp³-hybridized carbons (Fsp3) is 0.467. The minimum absolute atomic E-state index is 0.0519. The van der Waals surface area contributed by atoms with Crippen LogP contribution in [0.5, 0.6) is 11.5 Å². The van der Waals surface area contributed by atoms with Crippen LogP contribution in [-0.2, 0) is 0 Å². The molecule has 0 aliphatic heterocycles. The number of benzene rings is 1. The molecule has 0 saturated carbocycles. The van der Waals surface area contributed by atoms with Crippen molar-refractivity contribution < 1.29 is 9.47 Å². The van der Waals surface area contributed by atoms with Gasteiger partial charge >= 0.3 is 0 Å². The molecule has 0 radical (unpaired) electrons. The lowest BCUT2D eigenvalue weighted by atomic mass is 10.0. The van der Waals surface area contributed by atoms with E-state index in [0.29, 0.717) is 0 Å². The molecule has 0 aromatic heterocycles. The van der Waals surface area contributed by atoms with E-state index in [1.54, 1.807) is 14.2 Å². The fourth-order valence-corrected chi connectivity index (χ4v) is 1.99. The lowest BCUT2D eigenvalue weighted by Gasteiger charge is -2.26. The van der Waals surface area contributed by atoms with Gasteiger partial charge < -0.3 is 9.47 Å². The van der Waals surface area contributed by atoms with Crippen molar-refractivity contribution in [3.8, 4) is 23.8 Å². The fourth-order valence-electron chi connectivity index (χ4n) is 1.99. The predicted molar refractivity (Wildman–Crippen MR) is 74.0 cm³/mol. The maximum atomic E-state index is 5.67. The maximum Gasteiger partial charge on any atom is 0.122 e. The Hall–Kier alpha value is -1.66. The minimum atomic E-state index is -0.0519. The summed E-state index contributed by atoms with van der Waals surface area (Å²) >= 11 is 0. The maximum absolute atomic E-state index is 5.67. The van der Waals surface area contributed by atoms with Crippen LogP contribution >= 0.6 is 0 Å². The average molecular weight is 247 g/mol. The molecule has 98 valence electrons. The van der Waals surface area contributed by atoms with Crippen molar-refractivity contribution in [2.24, 2.45) is 0 Å². The molecule has 1 rings (SSSR count). The van der Waals surface area contributed by atoms with Gasteiger partial charge in [-0.3, -0.25) is 4.90 Å². The van der Waals surface area contributed by atoms with Gasteiger partial charge in [0.2, 0.25) is 0 Å². The summed E-state index contributed by atoms with van der Waals surface area (Å²) in [6.07, 6.45) is 5.67. The molecule has 0 amide bonds. The largest absolute Gasteiger partial charge is 0.497 e. The first kappa shape index (κ1) is 14.4. The summed E-state index contributed by atoms with van der Waals surface area (Å²) in [6.45, 7) is 6.02. The topological polar surface area (TPSA) is 21.7 Å². The second kappa shape index (κ2) is 6.93. The molecule has 0 spiro atoms. The van der Waals surface area contributed by atoms with Crippen LogP contribution in [-0.4, -0.2) is 32.2 Å². The van der Waals surface area contributed by atoms with Gasteiger partial charge in [-0.1, -0.05) is 19.8 Å². The van der Waals surface area contributed by atoms with Crippen molar-refractivity contribution in [3.63, 3.8) is 0 Å². The number of hydrogen-bond donors (Lipinski definition) is 0. The molecule has 0 fully saturated rings. The van der Waals surface area contributed by atoms with Gasteiger partial charge in [-0.2, -0.15) is 0 Å². The second-order valence-electron chi connectivity index (χ2n) is 3.94. The number of nitrogens with zero attached hydrogens (tertiary/aromatic N) is 1. The van der Waals surface area contributed by atoms with Gasteiger partial charge in [0.15, 0.2) is 0 Å². The van der Waals surface area contributed by atoms with Crippen molar-refractivity contribution in [3.05, 3.63) is 23.8 Å². The van der Waals surface area contributed by atoms with Crippen LogP contribution < -0.4 is 9.47 Å². The molecule has 18 heavy (non-hydrogen) atoms. The molecule has 0 aliphatic rings. The summed E-state index contributed by atoms with van der Waals surface area (Å²) in [6, 6.07) is 5.72. The zero-order valence-electron chi connectivity index (χ0n) is 11.6. The van der Waals surface area contributed by atoms with Crippen LogP contribution in [0.3, 0.4) is 0 Å². The summed E-state index contributed by atoms with van der Waals surface area (Å²) in [7, 11) is 3.28. The summed E-state index contributed by atoms with van der Waals surface area (Å²) in [5.74, 6) is 4.36. The third-order valence-corrected chi connectivity index (χ3v) is 3.02. The Morgan fingerprint density at radius 3 is 1.94 bits per heavy atom. The monoisotopic (exact) mass is 247 g/mol. The van der Waals surface area contributed by atoms with E-state index in [4.69, 9.17) is 15.9 Å². The normalized spacial score (nSPS) is 12.0. The van der Waals surface area contributed by atoms with Crippen LogP contribution in [0, 0.1) is 12.3 Å². The third-order valence-electron chi connectivity index (χ3n) is 3.02. The molecule has 3 nitrogen and oxygen atoms in total. The van der Waals surface area contributed by atoms with Gasteiger partial charge in [0.1, 0.15) is 11.5 Å². The molecule has 0 heterocycles. The van der Waals surface area contributed by atoms with Gasteiger partial charge in [0, 0.05) is 6.07 Å². The molecule has 1 aromatic rings. The summed E-state index contributed by atoms with van der Waals surface area (Å²) < 4.78 is 10.5. The summed E-state index contributed by atoms with van der Waals surface area (Å²) in [5.41, 5.74) is 1.03. The molecule has 1 atom stereocenters. The van der Waals surface area contributed by atoms with E-state index in [9.17, 15) is 0 Å². The zero-order valence-corrected chi connectivity index (χ0v) is 11.6. The van der Waals surface area contributed by atoms with Gasteiger partial charge in [-0.15, -0.1) is 6.42 Å². The predicted octanol–water partition coefficient (Wildman–Crippen LogP) is 2.72. The summed E-state index contributed by atoms with van der Waals surface area (Å²) in [4.78, 5) is 2.22. The van der Waals surface area contributed by atoms with E-state index in [2.05, 4.69) is 24.7 Å². The molecular formula is C15H21NO2. The molecule has 3 heteroatoms. The van der Waals surface area contributed by atoms with Crippen molar-refractivity contribution >= 4 is 0 Å². The Balaban J connectivity index is 3.16. The third kappa shape index (κ3) is 3.18. The van der Waals surface area contributed by atoms with Crippen LogP contribution in [0.2, 0.25) is 0 Å². The Morgan fingerprint density at radius 1 is 1.11 bits per heavy atom. The van der Waals surface area contributed by atoms with Crippen LogP contribution in [0.25, 0.3) is 0 Å². The van der Waals surface area contributed by atoms with Crippen molar-refractivity contribution in [1.82, 2.24) is 4.90 Å². The van der Waals surface area contributed by atoms with E-state index in [1.807, 2.05) is 18.2 Å². The van der Waals surface area contributed by atoms with E-state index in [0.717, 1.165) is 30.2 Å². The molecule has 0 saturated heterocycles. The summed E-state index contributed by atoms with van der Waals surface area (Å²) in [5, 5.41) is 0. The Bertz CT molecular complexity index is 397. The second-order valence-corrected chi connectivity index (χ2v) is 3.94. The minimum Gasteiger partial charge on any atom is -0.497 e. The quantitative estimate of drug-likeness (QED) is 0.721. The standard InChI is InChI=1S/C15H21NO2/c1-6-15(16(7-2)8-3)12-9-13(17-4)11-14(10-12)18-5/h1,9-11,15H,7-8H2,2-5H3. The zero-order chi connectivity index (χ0) is 13.5. The lowest BCUT2D eigenvalue weighted by molar-refractivity contribution is 0.263. The molecule has 0 N–H and O–H groups in total. The molecule has 0 bridgehead atoms. The average Bonchev–Trinajstić information content (AvgIpc) is 2.43. The van der Waals surface area contributed by atoms with E-state index >= 15 is 0 Å². The highest BCUT2D eigenvalue weighted by molar-refractivity contribution is 5.41. The SMILES string of the molecule is C#CC(c1cc(OC)cc(OC)c1)N(CC)CC. The smallest absolute Gasteiger partial charge is 0.122 e. The van der Waals surface area contributed by atoms with E-state index in [1.165, 1.54) is 0 Å². The van der Waals surface area contributed by atoms with Gasteiger partial charge in [-0.05, 0) is 30.8 Å². The molecular weight excluding hydrogens is 226 g/mol. The number of rotatable bonds is 6. The highest BCUT2D eigenvalue weighted by Crippen LogP contribution is 2.29. The van der Waals surface area contributed by atoms with Gasteiger partial charge in [-0.25, -0.2) is 0 Å². The first-order valence-electron chi connectivity index (χ1n) is 6.13. The van der Waals surface area contributed by atoms with Crippen LogP contribution in [0.4, 0.5) is 0 Å².